The molecule has 30 heavy (non-hydrogen) atoms. The largest absolute Gasteiger partial charge is 0.352 e. The van der Waals surface area contributed by atoms with Gasteiger partial charge in [-0.2, -0.15) is 0 Å². The molecule has 0 saturated carbocycles. The van der Waals surface area contributed by atoms with Crippen molar-refractivity contribution in [2.24, 2.45) is 0 Å². The van der Waals surface area contributed by atoms with Crippen molar-refractivity contribution in [2.75, 3.05) is 26.2 Å². The molecule has 0 aliphatic heterocycles. The lowest BCUT2D eigenvalue weighted by molar-refractivity contribution is 0.0952. The Hall–Kier alpha value is -2.99. The fourth-order valence-corrected chi connectivity index (χ4v) is 3.57. The first-order valence-electron chi connectivity index (χ1n) is 10.6. The summed E-state index contributed by atoms with van der Waals surface area (Å²) in [6.45, 7) is 10.2. The molecule has 0 unspecified atom stereocenters. The maximum Gasteiger partial charge on any atom is 0.272 e. The van der Waals surface area contributed by atoms with E-state index in [0.29, 0.717) is 24.3 Å². The lowest BCUT2D eigenvalue weighted by Crippen LogP contribution is -2.29. The molecule has 1 amide bonds. The van der Waals surface area contributed by atoms with E-state index in [9.17, 15) is 9.59 Å². The van der Waals surface area contributed by atoms with Gasteiger partial charge in [0.15, 0.2) is 0 Å². The summed E-state index contributed by atoms with van der Waals surface area (Å²) in [6.07, 6.45) is 0.933. The molecular weight excluding hydrogens is 376 g/mol. The van der Waals surface area contributed by atoms with Crippen LogP contribution in [0.25, 0.3) is 11.0 Å². The summed E-state index contributed by atoms with van der Waals surface area (Å²) in [5.74, 6) is -0.0662. The van der Waals surface area contributed by atoms with E-state index in [-0.39, 0.29) is 11.5 Å². The highest BCUT2D eigenvalue weighted by molar-refractivity contribution is 5.94. The molecule has 3 aromatic rings. The quantitative estimate of drug-likeness (QED) is 0.554. The van der Waals surface area contributed by atoms with Crippen molar-refractivity contribution in [3.8, 4) is 0 Å². The molecule has 2 aromatic carbocycles. The van der Waals surface area contributed by atoms with Crippen LogP contribution in [0, 0.1) is 6.92 Å². The molecule has 1 aromatic heterocycles. The van der Waals surface area contributed by atoms with Crippen LogP contribution in [0.1, 0.15) is 41.9 Å². The van der Waals surface area contributed by atoms with Crippen LogP contribution in [0.4, 0.5) is 0 Å². The van der Waals surface area contributed by atoms with Crippen molar-refractivity contribution in [3.05, 3.63) is 75.7 Å². The summed E-state index contributed by atoms with van der Waals surface area (Å²) in [7, 11) is 0. The second-order valence-corrected chi connectivity index (χ2v) is 7.41. The van der Waals surface area contributed by atoms with E-state index in [1.807, 2.05) is 48.5 Å². The van der Waals surface area contributed by atoms with Gasteiger partial charge in [-0.1, -0.05) is 38.1 Å². The Morgan fingerprint density at radius 2 is 1.77 bits per heavy atom. The number of nitrogens with zero attached hydrogens (tertiary/aromatic N) is 3. The van der Waals surface area contributed by atoms with Crippen LogP contribution in [-0.4, -0.2) is 46.5 Å². The van der Waals surface area contributed by atoms with Crippen LogP contribution in [-0.2, 0) is 6.54 Å². The van der Waals surface area contributed by atoms with E-state index in [2.05, 4.69) is 29.0 Å². The van der Waals surface area contributed by atoms with Gasteiger partial charge in [0.2, 0.25) is 0 Å². The minimum Gasteiger partial charge on any atom is -0.352 e. The Morgan fingerprint density at radius 1 is 1.07 bits per heavy atom. The average molecular weight is 407 g/mol. The van der Waals surface area contributed by atoms with Gasteiger partial charge in [0.1, 0.15) is 5.69 Å². The van der Waals surface area contributed by atoms with Crippen molar-refractivity contribution in [2.45, 2.75) is 33.7 Å². The molecule has 0 fully saturated rings. The summed E-state index contributed by atoms with van der Waals surface area (Å²) in [4.78, 5) is 31.7. The van der Waals surface area contributed by atoms with Crippen molar-refractivity contribution >= 4 is 16.9 Å². The van der Waals surface area contributed by atoms with Gasteiger partial charge in [0, 0.05) is 12.1 Å². The minimum atomic E-state index is -0.0938. The highest BCUT2D eigenvalue weighted by Gasteiger charge is 2.10. The maximum atomic E-state index is 12.6. The number of aromatic nitrogens is 2. The fraction of sp³-hybridized carbons (Fsp3) is 0.375. The van der Waals surface area contributed by atoms with Crippen molar-refractivity contribution in [1.82, 2.24) is 19.8 Å². The summed E-state index contributed by atoms with van der Waals surface area (Å²) >= 11 is 0. The molecule has 3 rings (SSSR count). The molecule has 0 spiro atoms. The standard InChI is InChI=1S/C24H30N4O2/c1-4-27(5-2)16-8-15-25-23(29)20-13-11-19(12-14-20)17-28-22-10-7-6-9-21(22)26-18(3)24(28)30/h6-7,9-14H,4-5,8,15-17H2,1-3H3,(H,25,29). The topological polar surface area (TPSA) is 67.2 Å². The number of hydrogen-bond acceptors (Lipinski definition) is 4. The van der Waals surface area contributed by atoms with Crippen molar-refractivity contribution in [1.29, 1.82) is 0 Å². The fourth-order valence-electron chi connectivity index (χ4n) is 3.57. The highest BCUT2D eigenvalue weighted by atomic mass is 16.1. The van der Waals surface area contributed by atoms with Crippen LogP contribution in [0.3, 0.4) is 0 Å². The Morgan fingerprint density at radius 3 is 2.47 bits per heavy atom. The third kappa shape index (κ3) is 5.13. The number of carbonyl (C=O) groups excluding carboxylic acids is 1. The number of aryl methyl sites for hydroxylation is 1. The first-order valence-corrected chi connectivity index (χ1v) is 10.6. The number of carbonyl (C=O) groups is 1. The zero-order valence-electron chi connectivity index (χ0n) is 18.0. The second kappa shape index (κ2) is 10.2. The van der Waals surface area contributed by atoms with Crippen LogP contribution >= 0.6 is 0 Å². The number of hydrogen-bond donors (Lipinski definition) is 1. The number of benzene rings is 2. The van der Waals surface area contributed by atoms with Gasteiger partial charge in [-0.3, -0.25) is 9.59 Å². The van der Waals surface area contributed by atoms with Crippen molar-refractivity contribution in [3.63, 3.8) is 0 Å². The van der Waals surface area contributed by atoms with Gasteiger partial charge < -0.3 is 14.8 Å². The van der Waals surface area contributed by atoms with E-state index in [1.54, 1.807) is 11.5 Å². The number of fused-ring (bicyclic) bond motifs is 1. The van der Waals surface area contributed by atoms with E-state index in [0.717, 1.165) is 42.7 Å². The molecule has 0 aliphatic rings. The summed E-state index contributed by atoms with van der Waals surface area (Å²) in [5, 5.41) is 2.98. The molecule has 1 heterocycles. The van der Waals surface area contributed by atoms with Crippen LogP contribution in [0.2, 0.25) is 0 Å². The smallest absolute Gasteiger partial charge is 0.272 e. The normalized spacial score (nSPS) is 11.2. The molecule has 1 N–H and O–H groups in total. The Labute approximate surface area is 177 Å². The molecule has 0 bridgehead atoms. The van der Waals surface area contributed by atoms with Crippen LogP contribution in [0.5, 0.6) is 0 Å². The summed E-state index contributed by atoms with van der Waals surface area (Å²) in [6, 6.07) is 15.1. The molecule has 158 valence electrons. The molecule has 0 atom stereocenters. The first-order chi connectivity index (χ1) is 14.5. The Kier molecular flexibility index (Phi) is 7.36. The Balaban J connectivity index is 1.66. The zero-order valence-corrected chi connectivity index (χ0v) is 18.0. The van der Waals surface area contributed by atoms with Gasteiger partial charge in [-0.15, -0.1) is 0 Å². The number of nitrogens with one attached hydrogen (secondary N) is 1. The molecule has 0 radical (unpaired) electrons. The van der Waals surface area contributed by atoms with Gasteiger partial charge in [-0.05, 0) is 62.8 Å². The summed E-state index contributed by atoms with van der Waals surface area (Å²) < 4.78 is 1.74. The van der Waals surface area contributed by atoms with Crippen LogP contribution in [0.15, 0.2) is 53.3 Å². The predicted molar refractivity (Wildman–Crippen MR) is 121 cm³/mol. The second-order valence-electron chi connectivity index (χ2n) is 7.41. The maximum absolute atomic E-state index is 12.6. The van der Waals surface area contributed by atoms with Gasteiger partial charge >= 0.3 is 0 Å². The average Bonchev–Trinajstić information content (AvgIpc) is 2.77. The van der Waals surface area contributed by atoms with Crippen molar-refractivity contribution < 1.29 is 4.79 Å². The monoisotopic (exact) mass is 406 g/mol. The lowest BCUT2D eigenvalue weighted by Gasteiger charge is -2.17. The van der Waals surface area contributed by atoms with Gasteiger partial charge in [0.05, 0.1) is 17.6 Å². The minimum absolute atomic E-state index is 0.0662. The highest BCUT2D eigenvalue weighted by Crippen LogP contribution is 2.13. The lowest BCUT2D eigenvalue weighted by atomic mass is 10.1. The molecule has 6 heteroatoms. The Bertz CT molecular complexity index is 1050. The number of amides is 1. The zero-order chi connectivity index (χ0) is 21.5. The van der Waals surface area contributed by atoms with Crippen LogP contribution < -0.4 is 10.9 Å². The van der Waals surface area contributed by atoms with E-state index in [1.165, 1.54) is 0 Å². The van der Waals surface area contributed by atoms with Gasteiger partial charge in [0.25, 0.3) is 11.5 Å². The van der Waals surface area contributed by atoms with E-state index in [4.69, 9.17) is 0 Å². The van der Waals surface area contributed by atoms with Gasteiger partial charge in [-0.25, -0.2) is 4.98 Å². The van der Waals surface area contributed by atoms with E-state index >= 15 is 0 Å². The van der Waals surface area contributed by atoms with E-state index < -0.39 is 0 Å². The molecular formula is C24H30N4O2. The predicted octanol–water partition coefficient (Wildman–Crippen LogP) is 3.21. The molecule has 0 aliphatic carbocycles. The summed E-state index contributed by atoms with van der Waals surface area (Å²) in [5.41, 5.74) is 3.59. The molecule has 0 saturated heterocycles. The third-order valence-corrected chi connectivity index (χ3v) is 5.40. The SMILES string of the molecule is CCN(CC)CCCNC(=O)c1ccc(Cn2c(=O)c(C)nc3ccccc32)cc1. The first kappa shape index (κ1) is 21.7. The number of para-hydroxylation sites is 2. The molecule has 6 nitrogen and oxygen atoms in total. The third-order valence-electron chi connectivity index (χ3n) is 5.40. The number of rotatable bonds is 9.